The van der Waals surface area contributed by atoms with Crippen LogP contribution in [0.5, 0.6) is 5.75 Å². The van der Waals surface area contributed by atoms with Crippen LogP contribution in [0.3, 0.4) is 0 Å². The molecule has 2 aliphatic heterocycles. The van der Waals surface area contributed by atoms with Crippen molar-refractivity contribution in [1.82, 2.24) is 9.88 Å². The van der Waals surface area contributed by atoms with Crippen molar-refractivity contribution < 1.29 is 9.53 Å². The Morgan fingerprint density at radius 1 is 0.939 bits per heavy atom. The van der Waals surface area contributed by atoms with Crippen LogP contribution in [-0.4, -0.2) is 61.7 Å². The Labute approximate surface area is 195 Å². The summed E-state index contributed by atoms with van der Waals surface area (Å²) in [5, 5.41) is 1.03. The van der Waals surface area contributed by atoms with Gasteiger partial charge in [-0.25, -0.2) is 4.98 Å². The highest BCUT2D eigenvalue weighted by Crippen LogP contribution is 2.28. The standard InChI is InChI=1S/C27H32N4O2/c1-21-7-6-14-31(19-21)25-13-12-22-8-5-11-24(27(22)28-25)33-20-26(32)30-17-15-29(16-18-30)23-9-3-2-4-10-23/h2-5,8-13,21H,6-7,14-20H2,1H3/t21-/m0/s1. The number of nitrogens with zero attached hydrogens (tertiary/aromatic N) is 4. The molecule has 1 atom stereocenters. The first-order valence-corrected chi connectivity index (χ1v) is 12.0. The molecule has 5 rings (SSSR count). The number of pyridine rings is 1. The molecule has 6 nitrogen and oxygen atoms in total. The van der Waals surface area contributed by atoms with E-state index in [-0.39, 0.29) is 12.5 Å². The molecule has 0 unspecified atom stereocenters. The fourth-order valence-corrected chi connectivity index (χ4v) is 4.88. The minimum absolute atomic E-state index is 0.0284. The number of rotatable bonds is 5. The number of aromatic nitrogens is 1. The molecular formula is C27H32N4O2. The van der Waals surface area contributed by atoms with Gasteiger partial charge in [0.05, 0.1) is 0 Å². The third kappa shape index (κ3) is 4.90. The minimum Gasteiger partial charge on any atom is -0.481 e. The minimum atomic E-state index is 0.0284. The van der Waals surface area contributed by atoms with Crippen LogP contribution < -0.4 is 14.5 Å². The number of carbonyl (C=O) groups excluding carboxylic acids is 1. The van der Waals surface area contributed by atoms with Gasteiger partial charge < -0.3 is 19.4 Å². The van der Waals surface area contributed by atoms with E-state index in [1.807, 2.05) is 29.2 Å². The zero-order chi connectivity index (χ0) is 22.6. The van der Waals surface area contributed by atoms with Crippen LogP contribution in [0.1, 0.15) is 19.8 Å². The second kappa shape index (κ2) is 9.69. The van der Waals surface area contributed by atoms with Crippen LogP contribution in [0.2, 0.25) is 0 Å². The topological polar surface area (TPSA) is 48.9 Å². The summed E-state index contributed by atoms with van der Waals surface area (Å²) in [6.45, 7) is 7.51. The van der Waals surface area contributed by atoms with Crippen LogP contribution in [0.15, 0.2) is 60.7 Å². The van der Waals surface area contributed by atoms with Crippen molar-refractivity contribution in [3.8, 4) is 5.75 Å². The number of piperidine rings is 1. The highest BCUT2D eigenvalue weighted by atomic mass is 16.5. The van der Waals surface area contributed by atoms with Crippen LogP contribution in [0.25, 0.3) is 10.9 Å². The monoisotopic (exact) mass is 444 g/mol. The number of ether oxygens (including phenoxy) is 1. The van der Waals surface area contributed by atoms with Gasteiger partial charge in [-0.3, -0.25) is 4.79 Å². The van der Waals surface area contributed by atoms with Gasteiger partial charge in [0.25, 0.3) is 5.91 Å². The van der Waals surface area contributed by atoms with Crippen LogP contribution in [-0.2, 0) is 4.79 Å². The second-order valence-electron chi connectivity index (χ2n) is 9.18. The Morgan fingerprint density at radius 2 is 1.76 bits per heavy atom. The molecule has 0 bridgehead atoms. The van der Waals surface area contributed by atoms with E-state index in [1.54, 1.807) is 0 Å². The molecular weight excluding hydrogens is 412 g/mol. The highest BCUT2D eigenvalue weighted by molar-refractivity contribution is 5.86. The maximum atomic E-state index is 12.9. The van der Waals surface area contributed by atoms with E-state index in [2.05, 4.69) is 53.1 Å². The first-order valence-electron chi connectivity index (χ1n) is 12.0. The zero-order valence-electron chi connectivity index (χ0n) is 19.3. The lowest BCUT2D eigenvalue weighted by Gasteiger charge is -2.36. The van der Waals surface area contributed by atoms with Gasteiger partial charge in [-0.15, -0.1) is 0 Å². The molecule has 2 saturated heterocycles. The van der Waals surface area contributed by atoms with Gasteiger partial charge in [0.15, 0.2) is 6.61 Å². The normalized spacial score (nSPS) is 19.1. The molecule has 6 heteroatoms. The zero-order valence-corrected chi connectivity index (χ0v) is 19.3. The molecule has 3 aromatic rings. The van der Waals surface area contributed by atoms with Crippen molar-refractivity contribution in [2.45, 2.75) is 19.8 Å². The highest BCUT2D eigenvalue weighted by Gasteiger charge is 2.22. The Balaban J connectivity index is 1.23. The van der Waals surface area contributed by atoms with E-state index in [1.165, 1.54) is 18.5 Å². The van der Waals surface area contributed by atoms with Gasteiger partial charge in [0.2, 0.25) is 0 Å². The summed E-state index contributed by atoms with van der Waals surface area (Å²) in [7, 11) is 0. The quantitative estimate of drug-likeness (QED) is 0.590. The largest absolute Gasteiger partial charge is 0.481 e. The number of para-hydroxylation sites is 2. The van der Waals surface area contributed by atoms with Crippen LogP contribution in [0, 0.1) is 5.92 Å². The van der Waals surface area contributed by atoms with Gasteiger partial charge in [-0.1, -0.05) is 37.3 Å². The van der Waals surface area contributed by atoms with E-state index in [0.29, 0.717) is 24.8 Å². The molecule has 0 N–H and O–H groups in total. The van der Waals surface area contributed by atoms with Crippen molar-refractivity contribution in [2.75, 3.05) is 55.7 Å². The summed E-state index contributed by atoms with van der Waals surface area (Å²) >= 11 is 0. The summed E-state index contributed by atoms with van der Waals surface area (Å²) in [6.07, 6.45) is 2.48. The van der Waals surface area contributed by atoms with E-state index >= 15 is 0 Å². The lowest BCUT2D eigenvalue weighted by molar-refractivity contribution is -0.133. The Morgan fingerprint density at radius 3 is 2.55 bits per heavy atom. The SMILES string of the molecule is C[C@H]1CCCN(c2ccc3cccc(OCC(=O)N4CCN(c5ccccc5)CC4)c3n2)C1. The fourth-order valence-electron chi connectivity index (χ4n) is 4.88. The van der Waals surface area contributed by atoms with Crippen molar-refractivity contribution >= 4 is 28.3 Å². The van der Waals surface area contributed by atoms with Crippen molar-refractivity contribution in [2.24, 2.45) is 5.92 Å². The number of anilines is 2. The number of amides is 1. The van der Waals surface area contributed by atoms with E-state index in [0.717, 1.165) is 42.9 Å². The number of carbonyl (C=O) groups is 1. The van der Waals surface area contributed by atoms with Gasteiger partial charge in [0, 0.05) is 50.3 Å². The summed E-state index contributed by atoms with van der Waals surface area (Å²) in [5.74, 6) is 2.38. The summed E-state index contributed by atoms with van der Waals surface area (Å²) in [4.78, 5) is 24.4. The smallest absolute Gasteiger partial charge is 0.260 e. The predicted molar refractivity (Wildman–Crippen MR) is 133 cm³/mol. The molecule has 1 aromatic heterocycles. The summed E-state index contributed by atoms with van der Waals surface area (Å²) in [6, 6.07) is 20.5. The number of piperazine rings is 1. The molecule has 2 fully saturated rings. The van der Waals surface area contributed by atoms with Crippen molar-refractivity contribution in [3.63, 3.8) is 0 Å². The predicted octanol–water partition coefficient (Wildman–Crippen LogP) is 4.20. The molecule has 172 valence electrons. The number of hydrogen-bond donors (Lipinski definition) is 0. The fraction of sp³-hybridized carbons (Fsp3) is 0.407. The second-order valence-corrected chi connectivity index (χ2v) is 9.18. The molecule has 0 radical (unpaired) electrons. The average molecular weight is 445 g/mol. The summed E-state index contributed by atoms with van der Waals surface area (Å²) in [5.41, 5.74) is 2.04. The Kier molecular flexibility index (Phi) is 6.33. The Hall–Kier alpha value is -3.28. The first-order chi connectivity index (χ1) is 16.2. The lowest BCUT2D eigenvalue weighted by Crippen LogP contribution is -2.50. The van der Waals surface area contributed by atoms with Crippen molar-refractivity contribution in [3.05, 3.63) is 60.7 Å². The molecule has 2 aromatic carbocycles. The Bertz CT molecular complexity index is 1100. The maximum Gasteiger partial charge on any atom is 0.260 e. The maximum absolute atomic E-state index is 12.9. The van der Waals surface area contributed by atoms with Gasteiger partial charge in [-0.05, 0) is 49.1 Å². The molecule has 0 spiro atoms. The molecule has 3 heterocycles. The summed E-state index contributed by atoms with van der Waals surface area (Å²) < 4.78 is 6.02. The number of benzene rings is 2. The third-order valence-corrected chi connectivity index (χ3v) is 6.75. The number of fused-ring (bicyclic) bond motifs is 1. The average Bonchev–Trinajstić information content (AvgIpc) is 2.87. The van der Waals surface area contributed by atoms with E-state index in [9.17, 15) is 4.79 Å². The molecule has 0 saturated carbocycles. The third-order valence-electron chi connectivity index (χ3n) is 6.75. The molecule has 2 aliphatic rings. The van der Waals surface area contributed by atoms with Gasteiger partial charge >= 0.3 is 0 Å². The van der Waals surface area contributed by atoms with E-state index < -0.39 is 0 Å². The van der Waals surface area contributed by atoms with Crippen LogP contribution >= 0.6 is 0 Å². The lowest BCUT2D eigenvalue weighted by atomic mass is 10.0. The molecule has 1 amide bonds. The van der Waals surface area contributed by atoms with Gasteiger partial charge in [0.1, 0.15) is 17.1 Å². The van der Waals surface area contributed by atoms with Gasteiger partial charge in [-0.2, -0.15) is 0 Å². The van der Waals surface area contributed by atoms with Crippen molar-refractivity contribution in [1.29, 1.82) is 0 Å². The number of hydrogen-bond acceptors (Lipinski definition) is 5. The first kappa shape index (κ1) is 21.6. The molecule has 33 heavy (non-hydrogen) atoms. The van der Waals surface area contributed by atoms with E-state index in [4.69, 9.17) is 9.72 Å². The van der Waals surface area contributed by atoms with Crippen LogP contribution in [0.4, 0.5) is 11.5 Å². The molecule has 0 aliphatic carbocycles.